The van der Waals surface area contributed by atoms with Crippen molar-refractivity contribution >= 4 is 61.3 Å². The molecule has 0 radical (unpaired) electrons. The van der Waals surface area contributed by atoms with Crippen LogP contribution in [0.1, 0.15) is 24.2 Å². The summed E-state index contributed by atoms with van der Waals surface area (Å²) in [6.07, 6.45) is 0. The van der Waals surface area contributed by atoms with E-state index in [-0.39, 0.29) is 11.0 Å². The minimum absolute atomic E-state index is 0.157. The number of thiocarbonyl (C=S) groups is 1. The van der Waals surface area contributed by atoms with Crippen molar-refractivity contribution in [2.24, 2.45) is 12.0 Å². The molecule has 0 fully saturated rings. The molecule has 5 nitrogen and oxygen atoms in total. The van der Waals surface area contributed by atoms with Crippen LogP contribution in [0.5, 0.6) is 0 Å². The summed E-state index contributed by atoms with van der Waals surface area (Å²) in [5.74, 6) is -0.255. The molecule has 1 heterocycles. The summed E-state index contributed by atoms with van der Waals surface area (Å²) in [7, 11) is 1.96. The molecule has 1 aromatic heterocycles. The van der Waals surface area contributed by atoms with E-state index in [0.29, 0.717) is 5.56 Å². The third-order valence-corrected chi connectivity index (χ3v) is 6.75. The first-order valence-electron chi connectivity index (χ1n) is 10.2. The third-order valence-electron chi connectivity index (χ3n) is 5.38. The molecule has 0 unspecified atom stereocenters. The van der Waals surface area contributed by atoms with Gasteiger partial charge in [0.25, 0.3) is 5.91 Å². The molecule has 4 rings (SSSR count). The van der Waals surface area contributed by atoms with Crippen LogP contribution in [-0.4, -0.2) is 28.7 Å². The zero-order valence-electron chi connectivity index (χ0n) is 17.8. The third kappa shape index (κ3) is 4.24. The topological polar surface area (TPSA) is 49.6 Å². The summed E-state index contributed by atoms with van der Waals surface area (Å²) in [6.45, 7) is 6.07. The van der Waals surface area contributed by atoms with Crippen LogP contribution in [-0.2, 0) is 7.05 Å². The molecule has 3 aromatic carbocycles. The van der Waals surface area contributed by atoms with E-state index in [2.05, 4.69) is 53.3 Å². The maximum absolute atomic E-state index is 12.6. The van der Waals surface area contributed by atoms with Gasteiger partial charge in [-0.1, -0.05) is 41.7 Å². The van der Waals surface area contributed by atoms with E-state index in [0.717, 1.165) is 33.8 Å². The smallest absolute Gasteiger partial charge is 0.257 e. The molecule has 31 heavy (non-hydrogen) atoms. The zero-order chi connectivity index (χ0) is 22.0. The Labute approximate surface area is 190 Å². The van der Waals surface area contributed by atoms with Crippen molar-refractivity contribution in [3.8, 4) is 0 Å². The lowest BCUT2D eigenvalue weighted by atomic mass is 10.1. The first kappa shape index (κ1) is 21.2. The van der Waals surface area contributed by atoms with E-state index in [4.69, 9.17) is 12.2 Å². The Kier molecular flexibility index (Phi) is 6.15. The first-order chi connectivity index (χ1) is 15.0. The number of benzene rings is 3. The van der Waals surface area contributed by atoms with Crippen LogP contribution < -0.4 is 15.0 Å². The quantitative estimate of drug-likeness (QED) is 0.454. The number of carbonyl (C=O) groups is 1. The Morgan fingerprint density at radius 1 is 1.06 bits per heavy atom. The second-order valence-electron chi connectivity index (χ2n) is 7.17. The maximum atomic E-state index is 12.6. The van der Waals surface area contributed by atoms with Crippen LogP contribution in [0, 0.1) is 0 Å². The highest BCUT2D eigenvalue weighted by Gasteiger charge is 2.11. The molecule has 7 heteroatoms. The Hall–Kier alpha value is -3.03. The average Bonchev–Trinajstić information content (AvgIpc) is 3.10. The minimum atomic E-state index is -0.255. The SMILES string of the molecule is CCN(CC)c1ccc(C(=O)NC(=S)/N=c2\sc3c4ccccc4ccc3n2C)cc1. The molecule has 0 aliphatic carbocycles. The molecule has 4 aromatic rings. The van der Waals surface area contributed by atoms with Gasteiger partial charge in [0.05, 0.1) is 10.2 Å². The van der Waals surface area contributed by atoms with Crippen molar-refractivity contribution in [1.82, 2.24) is 9.88 Å². The highest BCUT2D eigenvalue weighted by Crippen LogP contribution is 2.27. The second-order valence-corrected chi connectivity index (χ2v) is 8.53. The number of nitrogens with one attached hydrogen (secondary N) is 1. The van der Waals surface area contributed by atoms with Gasteiger partial charge in [0.15, 0.2) is 4.80 Å². The lowest BCUT2D eigenvalue weighted by Crippen LogP contribution is -2.29. The number of rotatable bonds is 4. The summed E-state index contributed by atoms with van der Waals surface area (Å²) >= 11 is 6.93. The van der Waals surface area contributed by atoms with Crippen molar-refractivity contribution in [2.45, 2.75) is 13.8 Å². The highest BCUT2D eigenvalue weighted by atomic mass is 32.1. The largest absolute Gasteiger partial charge is 0.372 e. The lowest BCUT2D eigenvalue weighted by Gasteiger charge is -2.20. The maximum Gasteiger partial charge on any atom is 0.257 e. The van der Waals surface area contributed by atoms with E-state index in [1.165, 1.54) is 10.8 Å². The number of aromatic nitrogens is 1. The molecule has 0 spiro atoms. The fourth-order valence-corrected chi connectivity index (χ4v) is 5.06. The van der Waals surface area contributed by atoms with Gasteiger partial charge in [-0.15, -0.1) is 0 Å². The molecular formula is C24H24N4OS2. The number of fused-ring (bicyclic) bond motifs is 3. The Bertz CT molecular complexity index is 1330. The van der Waals surface area contributed by atoms with Crippen LogP contribution in [0.15, 0.2) is 65.7 Å². The highest BCUT2D eigenvalue weighted by molar-refractivity contribution is 7.80. The van der Waals surface area contributed by atoms with Gasteiger partial charge in [0.1, 0.15) is 0 Å². The van der Waals surface area contributed by atoms with Crippen molar-refractivity contribution in [3.63, 3.8) is 0 Å². The van der Waals surface area contributed by atoms with Crippen LogP contribution in [0.2, 0.25) is 0 Å². The molecule has 1 N–H and O–H groups in total. The Morgan fingerprint density at radius 2 is 1.77 bits per heavy atom. The van der Waals surface area contributed by atoms with Gasteiger partial charge in [-0.2, -0.15) is 4.99 Å². The summed E-state index contributed by atoms with van der Waals surface area (Å²) in [5.41, 5.74) is 2.74. The minimum Gasteiger partial charge on any atom is -0.372 e. The number of thiazole rings is 1. The van der Waals surface area contributed by atoms with Crippen LogP contribution in [0.3, 0.4) is 0 Å². The summed E-state index contributed by atoms with van der Waals surface area (Å²) < 4.78 is 3.16. The standard InChI is InChI=1S/C24H24N4OS2/c1-4-28(5-2)18-13-10-17(11-14-18)22(29)25-23(30)26-24-27(3)20-15-12-16-8-6-7-9-19(16)21(20)31-24/h6-15H,4-5H2,1-3H3,(H,25,29,30)/b26-24-. The number of anilines is 1. The number of carbonyl (C=O) groups excluding carboxylic acids is 1. The van der Waals surface area contributed by atoms with Gasteiger partial charge < -0.3 is 9.47 Å². The fraction of sp³-hybridized carbons (Fsp3) is 0.208. The van der Waals surface area contributed by atoms with Gasteiger partial charge in [0.2, 0.25) is 5.11 Å². The Morgan fingerprint density at radius 3 is 2.48 bits per heavy atom. The zero-order valence-corrected chi connectivity index (χ0v) is 19.4. The van der Waals surface area contributed by atoms with Crippen molar-refractivity contribution < 1.29 is 4.79 Å². The van der Waals surface area contributed by atoms with E-state index in [1.807, 2.05) is 48.0 Å². The average molecular weight is 449 g/mol. The van der Waals surface area contributed by atoms with Gasteiger partial charge in [-0.3, -0.25) is 10.1 Å². The van der Waals surface area contributed by atoms with Gasteiger partial charge in [0, 0.05) is 36.8 Å². The molecule has 0 aliphatic rings. The van der Waals surface area contributed by atoms with Crippen molar-refractivity contribution in [1.29, 1.82) is 0 Å². The number of amides is 1. The van der Waals surface area contributed by atoms with E-state index >= 15 is 0 Å². The lowest BCUT2D eigenvalue weighted by molar-refractivity contribution is 0.0977. The number of hydrogen-bond donors (Lipinski definition) is 1. The van der Waals surface area contributed by atoms with Crippen molar-refractivity contribution in [2.75, 3.05) is 18.0 Å². The van der Waals surface area contributed by atoms with E-state index in [9.17, 15) is 4.79 Å². The molecule has 0 aliphatic heterocycles. The van der Waals surface area contributed by atoms with Crippen LogP contribution in [0.4, 0.5) is 5.69 Å². The molecule has 158 valence electrons. The number of aryl methyl sites for hydroxylation is 1. The molecule has 0 saturated carbocycles. The van der Waals surface area contributed by atoms with Crippen LogP contribution in [0.25, 0.3) is 21.0 Å². The molecule has 0 bridgehead atoms. The van der Waals surface area contributed by atoms with Gasteiger partial charge >= 0.3 is 0 Å². The van der Waals surface area contributed by atoms with E-state index < -0.39 is 0 Å². The second kappa shape index (κ2) is 8.99. The Balaban J connectivity index is 1.58. The molecule has 0 saturated heterocycles. The molecule has 1 amide bonds. The molecular weight excluding hydrogens is 424 g/mol. The predicted molar refractivity (Wildman–Crippen MR) is 134 cm³/mol. The fourth-order valence-electron chi connectivity index (χ4n) is 3.66. The summed E-state index contributed by atoms with van der Waals surface area (Å²) in [4.78, 5) is 20.1. The number of nitrogens with zero attached hydrogens (tertiary/aromatic N) is 3. The monoisotopic (exact) mass is 448 g/mol. The number of hydrogen-bond acceptors (Lipinski definition) is 4. The normalized spacial score (nSPS) is 11.8. The predicted octanol–water partition coefficient (Wildman–Crippen LogP) is 4.85. The van der Waals surface area contributed by atoms with Crippen molar-refractivity contribution in [3.05, 3.63) is 71.0 Å². The van der Waals surface area contributed by atoms with Crippen LogP contribution >= 0.6 is 23.6 Å². The summed E-state index contributed by atoms with van der Waals surface area (Å²) in [6, 6.07) is 20.0. The first-order valence-corrected chi connectivity index (χ1v) is 11.5. The van der Waals surface area contributed by atoms with Gasteiger partial charge in [-0.05, 0) is 61.8 Å². The molecule has 0 atom stereocenters. The van der Waals surface area contributed by atoms with E-state index in [1.54, 1.807) is 11.3 Å². The summed E-state index contributed by atoms with van der Waals surface area (Å²) in [5, 5.41) is 5.27. The van der Waals surface area contributed by atoms with Gasteiger partial charge in [-0.25, -0.2) is 0 Å².